The fourth-order valence-corrected chi connectivity index (χ4v) is 2.94. The van der Waals surface area contributed by atoms with Crippen molar-refractivity contribution < 1.29 is 4.79 Å². The summed E-state index contributed by atoms with van der Waals surface area (Å²) in [5, 5.41) is 4.00. The van der Waals surface area contributed by atoms with Gasteiger partial charge < -0.3 is 10.2 Å². The van der Waals surface area contributed by atoms with Crippen molar-refractivity contribution in [3.63, 3.8) is 0 Å². The smallest absolute Gasteiger partial charge is 0.224 e. The molecular formula is C18H20Cl2N2O. The maximum absolute atomic E-state index is 12.2. The molecule has 0 aromatic heterocycles. The molecular weight excluding hydrogens is 331 g/mol. The summed E-state index contributed by atoms with van der Waals surface area (Å²) < 4.78 is 0. The van der Waals surface area contributed by atoms with Gasteiger partial charge in [-0.1, -0.05) is 59.6 Å². The first-order valence-electron chi connectivity index (χ1n) is 7.40. The summed E-state index contributed by atoms with van der Waals surface area (Å²) >= 11 is 12.2. The van der Waals surface area contributed by atoms with Crippen LogP contribution in [0.3, 0.4) is 0 Å². The molecule has 122 valence electrons. The molecule has 0 aliphatic heterocycles. The van der Waals surface area contributed by atoms with Crippen LogP contribution in [0.15, 0.2) is 48.5 Å². The number of hydrogen-bond donors (Lipinski definition) is 1. The second-order valence-corrected chi connectivity index (χ2v) is 6.39. The molecule has 2 aromatic carbocycles. The van der Waals surface area contributed by atoms with Crippen LogP contribution in [0, 0.1) is 0 Å². The largest absolute Gasteiger partial charge is 0.354 e. The van der Waals surface area contributed by atoms with E-state index in [1.165, 1.54) is 0 Å². The van der Waals surface area contributed by atoms with E-state index in [1.807, 2.05) is 32.3 Å². The number of nitrogens with one attached hydrogen (secondary N) is 1. The van der Waals surface area contributed by atoms with Gasteiger partial charge in [0.15, 0.2) is 0 Å². The Morgan fingerprint density at radius 3 is 2.22 bits per heavy atom. The summed E-state index contributed by atoms with van der Waals surface area (Å²) in [4.78, 5) is 14.3. The van der Waals surface area contributed by atoms with Gasteiger partial charge in [-0.3, -0.25) is 4.79 Å². The number of carbonyl (C=O) groups excluding carboxylic acids is 1. The highest BCUT2D eigenvalue weighted by Gasteiger charge is 2.16. The van der Waals surface area contributed by atoms with Gasteiger partial charge in [-0.05, 0) is 37.4 Å². The molecule has 23 heavy (non-hydrogen) atoms. The molecule has 0 bridgehead atoms. The Kier molecular flexibility index (Phi) is 6.46. The van der Waals surface area contributed by atoms with Crippen LogP contribution in [-0.2, 0) is 11.2 Å². The maximum atomic E-state index is 12.2. The highest BCUT2D eigenvalue weighted by molar-refractivity contribution is 6.36. The Morgan fingerprint density at radius 1 is 1.04 bits per heavy atom. The van der Waals surface area contributed by atoms with Crippen molar-refractivity contribution in [2.75, 3.05) is 20.6 Å². The Morgan fingerprint density at radius 2 is 1.65 bits per heavy atom. The lowest BCUT2D eigenvalue weighted by atomic mass is 10.1. The Labute approximate surface area is 147 Å². The fraction of sp³-hybridized carbons (Fsp3) is 0.278. The first kappa shape index (κ1) is 17.8. The van der Waals surface area contributed by atoms with E-state index in [0.717, 1.165) is 5.56 Å². The van der Waals surface area contributed by atoms with Crippen molar-refractivity contribution in [3.8, 4) is 0 Å². The predicted octanol–water partition coefficient (Wildman–Crippen LogP) is 3.96. The summed E-state index contributed by atoms with van der Waals surface area (Å²) in [5.41, 5.74) is 1.82. The summed E-state index contributed by atoms with van der Waals surface area (Å²) in [5.74, 6) is -0.0946. The monoisotopic (exact) mass is 350 g/mol. The lowest BCUT2D eigenvalue weighted by Crippen LogP contribution is -2.35. The van der Waals surface area contributed by atoms with Crippen molar-refractivity contribution >= 4 is 29.1 Å². The average molecular weight is 351 g/mol. The number of likely N-dealkylation sites (N-methyl/N-ethyl adjacent to an activating group) is 1. The minimum Gasteiger partial charge on any atom is -0.354 e. The zero-order valence-electron chi connectivity index (χ0n) is 13.2. The molecule has 0 saturated carbocycles. The lowest BCUT2D eigenvalue weighted by molar-refractivity contribution is -0.120. The number of nitrogens with zero attached hydrogens (tertiary/aromatic N) is 1. The van der Waals surface area contributed by atoms with Crippen LogP contribution in [-0.4, -0.2) is 31.4 Å². The van der Waals surface area contributed by atoms with Gasteiger partial charge in [0.05, 0.1) is 12.5 Å². The summed E-state index contributed by atoms with van der Waals surface area (Å²) in [7, 11) is 3.99. The number of rotatable bonds is 6. The van der Waals surface area contributed by atoms with E-state index < -0.39 is 0 Å². The molecule has 0 heterocycles. The van der Waals surface area contributed by atoms with Crippen molar-refractivity contribution in [1.29, 1.82) is 0 Å². The highest BCUT2D eigenvalue weighted by atomic mass is 35.5. The van der Waals surface area contributed by atoms with Gasteiger partial charge in [-0.15, -0.1) is 0 Å². The van der Waals surface area contributed by atoms with Crippen LogP contribution in [0.4, 0.5) is 0 Å². The average Bonchev–Trinajstić information content (AvgIpc) is 2.52. The molecule has 2 aromatic rings. The molecule has 1 N–H and O–H groups in total. The standard InChI is InChI=1S/C18H20Cl2N2O/c1-22(2)17(13-7-4-3-5-8-13)12-21-18(23)11-14-15(19)9-6-10-16(14)20/h3-10,17H,11-12H2,1-2H3,(H,21,23)/t17-/m0/s1. The zero-order chi connectivity index (χ0) is 16.8. The van der Waals surface area contributed by atoms with Gasteiger partial charge in [-0.25, -0.2) is 0 Å². The maximum Gasteiger partial charge on any atom is 0.224 e. The molecule has 1 atom stereocenters. The highest BCUT2D eigenvalue weighted by Crippen LogP contribution is 2.24. The van der Waals surface area contributed by atoms with E-state index in [2.05, 4.69) is 22.3 Å². The summed E-state index contributed by atoms with van der Waals surface area (Å²) in [6.45, 7) is 0.526. The van der Waals surface area contributed by atoms with Gasteiger partial charge in [0, 0.05) is 16.6 Å². The Hall–Kier alpha value is -1.55. The first-order valence-corrected chi connectivity index (χ1v) is 8.15. The van der Waals surface area contributed by atoms with E-state index in [-0.39, 0.29) is 18.4 Å². The van der Waals surface area contributed by atoms with Gasteiger partial charge in [0.25, 0.3) is 0 Å². The molecule has 0 radical (unpaired) electrons. The molecule has 3 nitrogen and oxygen atoms in total. The van der Waals surface area contributed by atoms with Gasteiger partial charge in [0.2, 0.25) is 5.91 Å². The van der Waals surface area contributed by atoms with Crippen LogP contribution >= 0.6 is 23.2 Å². The molecule has 0 saturated heterocycles. The molecule has 2 rings (SSSR count). The number of halogens is 2. The number of benzene rings is 2. The van der Waals surface area contributed by atoms with Crippen molar-refractivity contribution in [1.82, 2.24) is 10.2 Å². The van der Waals surface area contributed by atoms with Crippen LogP contribution in [0.25, 0.3) is 0 Å². The second-order valence-electron chi connectivity index (χ2n) is 5.57. The first-order chi connectivity index (χ1) is 11.0. The number of amides is 1. The lowest BCUT2D eigenvalue weighted by Gasteiger charge is -2.25. The Balaban J connectivity index is 2.00. The van der Waals surface area contributed by atoms with Crippen LogP contribution in [0.2, 0.25) is 10.0 Å². The van der Waals surface area contributed by atoms with E-state index in [4.69, 9.17) is 23.2 Å². The molecule has 5 heteroatoms. The summed E-state index contributed by atoms with van der Waals surface area (Å²) in [6, 6.07) is 15.4. The van der Waals surface area contributed by atoms with Crippen LogP contribution in [0.1, 0.15) is 17.2 Å². The van der Waals surface area contributed by atoms with Crippen molar-refractivity contribution in [3.05, 3.63) is 69.7 Å². The van der Waals surface area contributed by atoms with Crippen molar-refractivity contribution in [2.24, 2.45) is 0 Å². The minimum atomic E-state index is -0.0946. The normalized spacial score (nSPS) is 12.2. The molecule has 0 unspecified atom stereocenters. The third-order valence-corrected chi connectivity index (χ3v) is 4.41. The third-order valence-electron chi connectivity index (χ3n) is 3.70. The van der Waals surface area contributed by atoms with E-state index >= 15 is 0 Å². The van der Waals surface area contributed by atoms with Gasteiger partial charge in [0.1, 0.15) is 0 Å². The quantitative estimate of drug-likeness (QED) is 0.855. The predicted molar refractivity (Wildman–Crippen MR) is 96.0 cm³/mol. The minimum absolute atomic E-state index is 0.0946. The molecule has 0 spiro atoms. The molecule has 0 aliphatic rings. The molecule has 0 aliphatic carbocycles. The molecule has 0 fully saturated rings. The second kappa shape index (κ2) is 8.34. The summed E-state index contributed by atoms with van der Waals surface area (Å²) in [6.07, 6.45) is 0.174. The van der Waals surface area contributed by atoms with E-state index in [9.17, 15) is 4.79 Å². The number of hydrogen-bond acceptors (Lipinski definition) is 2. The third kappa shape index (κ3) is 4.96. The number of carbonyl (C=O) groups is 1. The topological polar surface area (TPSA) is 32.3 Å². The zero-order valence-corrected chi connectivity index (χ0v) is 14.7. The SMILES string of the molecule is CN(C)[C@@H](CNC(=O)Cc1c(Cl)cccc1Cl)c1ccccc1. The van der Waals surface area contributed by atoms with E-state index in [0.29, 0.717) is 22.2 Å². The Bertz CT molecular complexity index is 639. The van der Waals surface area contributed by atoms with Gasteiger partial charge >= 0.3 is 0 Å². The molecule has 1 amide bonds. The van der Waals surface area contributed by atoms with E-state index in [1.54, 1.807) is 18.2 Å². The fourth-order valence-electron chi connectivity index (χ4n) is 2.41. The van der Waals surface area contributed by atoms with Crippen LogP contribution < -0.4 is 5.32 Å². The van der Waals surface area contributed by atoms with Crippen LogP contribution in [0.5, 0.6) is 0 Å². The van der Waals surface area contributed by atoms with Gasteiger partial charge in [-0.2, -0.15) is 0 Å². The van der Waals surface area contributed by atoms with Crippen molar-refractivity contribution in [2.45, 2.75) is 12.5 Å².